The van der Waals surface area contributed by atoms with Gasteiger partial charge in [0.2, 0.25) is 0 Å². The summed E-state index contributed by atoms with van der Waals surface area (Å²) in [5, 5.41) is 20.7. The van der Waals surface area contributed by atoms with Crippen LogP contribution in [0.5, 0.6) is 11.5 Å². The highest BCUT2D eigenvalue weighted by atomic mass is 16.6. The molecule has 0 spiro atoms. The minimum absolute atomic E-state index is 0.115. The highest BCUT2D eigenvalue weighted by molar-refractivity contribution is 5.70. The smallest absolute Gasteiger partial charge is 0.332 e. The van der Waals surface area contributed by atoms with Crippen LogP contribution in [0.25, 0.3) is 0 Å². The van der Waals surface area contributed by atoms with E-state index in [2.05, 4.69) is 20.8 Å². The molecule has 2 N–H and O–H groups in total. The third kappa shape index (κ3) is 13.8. The Kier molecular flexibility index (Phi) is 15.3. The molecule has 0 aliphatic carbocycles. The Morgan fingerprint density at radius 1 is 0.600 bits per heavy atom. The second kappa shape index (κ2) is 18.1. The topological polar surface area (TPSA) is 121 Å². The quantitative estimate of drug-likeness (QED) is 0.151. The second-order valence-electron chi connectivity index (χ2n) is 13.4. The first-order valence-corrected chi connectivity index (χ1v) is 15.8. The maximum Gasteiger partial charge on any atom is 0.332 e. The monoisotopic (exact) mass is 630 g/mol. The molecular formula is C36H54O9. The van der Waals surface area contributed by atoms with Crippen LogP contribution in [-0.4, -0.2) is 75.0 Å². The van der Waals surface area contributed by atoms with Gasteiger partial charge < -0.3 is 33.9 Å². The van der Waals surface area contributed by atoms with Crippen molar-refractivity contribution in [2.45, 2.75) is 91.9 Å². The van der Waals surface area contributed by atoms with E-state index in [1.54, 1.807) is 0 Å². The lowest BCUT2D eigenvalue weighted by Crippen LogP contribution is -2.18. The molecule has 0 saturated carbocycles. The number of rotatable bonds is 18. The average molecular weight is 631 g/mol. The Morgan fingerprint density at radius 2 is 1.04 bits per heavy atom. The van der Waals surface area contributed by atoms with Crippen molar-refractivity contribution in [1.29, 1.82) is 0 Å². The molecule has 0 aliphatic heterocycles. The first-order chi connectivity index (χ1) is 21.1. The van der Waals surface area contributed by atoms with Crippen molar-refractivity contribution in [3.8, 4) is 11.5 Å². The van der Waals surface area contributed by atoms with Crippen molar-refractivity contribution in [3.05, 3.63) is 57.6 Å². The zero-order valence-electron chi connectivity index (χ0n) is 28.5. The molecule has 0 amide bonds. The number of benzene rings is 2. The van der Waals surface area contributed by atoms with Gasteiger partial charge in [-0.2, -0.15) is 0 Å². The largest absolute Gasteiger partial charge is 0.507 e. The van der Waals surface area contributed by atoms with Crippen molar-refractivity contribution < 1.29 is 43.5 Å². The molecule has 0 heterocycles. The number of carbonyl (C=O) groups excluding carboxylic acids is 2. The van der Waals surface area contributed by atoms with Crippen molar-refractivity contribution in [2.24, 2.45) is 0 Å². The van der Waals surface area contributed by atoms with E-state index < -0.39 is 5.97 Å². The molecule has 0 saturated heterocycles. The standard InChI is InChI=1S/C36H54O9/c1-25-20-27(22-29(33(25)39)35(3,4)5)10-9-13-43-24-32(38)45-19-17-42-15-14-41-16-18-44-31(37)12-11-28-21-26(2)34(40)30(23-28)36(6,7)8/h20-23,39-40H,9-19,24H2,1-8H3. The van der Waals surface area contributed by atoms with E-state index in [9.17, 15) is 19.8 Å². The first kappa shape index (κ1) is 38.0. The summed E-state index contributed by atoms with van der Waals surface area (Å²) < 4.78 is 26.7. The molecule has 0 radical (unpaired) electrons. The van der Waals surface area contributed by atoms with Gasteiger partial charge in [0.1, 0.15) is 31.3 Å². The van der Waals surface area contributed by atoms with Crippen LogP contribution in [0.1, 0.15) is 87.8 Å². The Balaban J connectivity index is 1.46. The van der Waals surface area contributed by atoms with Crippen molar-refractivity contribution in [1.82, 2.24) is 0 Å². The minimum Gasteiger partial charge on any atom is -0.507 e. The van der Waals surface area contributed by atoms with Crippen LogP contribution in [0.2, 0.25) is 0 Å². The van der Waals surface area contributed by atoms with E-state index in [1.165, 1.54) is 0 Å². The van der Waals surface area contributed by atoms with Crippen LogP contribution in [0.15, 0.2) is 24.3 Å². The molecular weight excluding hydrogens is 576 g/mol. The summed E-state index contributed by atoms with van der Waals surface area (Å²) >= 11 is 0. The van der Waals surface area contributed by atoms with Crippen LogP contribution < -0.4 is 0 Å². The Hall–Kier alpha value is -3.14. The summed E-state index contributed by atoms with van der Waals surface area (Å²) in [7, 11) is 0. The average Bonchev–Trinajstić information content (AvgIpc) is 2.94. The van der Waals surface area contributed by atoms with Gasteiger partial charge in [0, 0.05) is 13.0 Å². The molecule has 0 atom stereocenters. The van der Waals surface area contributed by atoms with Crippen LogP contribution >= 0.6 is 0 Å². The fourth-order valence-corrected chi connectivity index (χ4v) is 4.79. The highest BCUT2D eigenvalue weighted by Crippen LogP contribution is 2.35. The summed E-state index contributed by atoms with van der Waals surface area (Å²) in [6.45, 7) is 17.9. The van der Waals surface area contributed by atoms with E-state index in [0.29, 0.717) is 37.7 Å². The van der Waals surface area contributed by atoms with Crippen LogP contribution in [0, 0.1) is 13.8 Å². The fourth-order valence-electron chi connectivity index (χ4n) is 4.79. The molecule has 9 heteroatoms. The number of aryl methyl sites for hydroxylation is 4. The Labute approximate surface area is 269 Å². The minimum atomic E-state index is -0.442. The van der Waals surface area contributed by atoms with Gasteiger partial charge in [-0.3, -0.25) is 4.79 Å². The molecule has 0 aromatic heterocycles. The van der Waals surface area contributed by atoms with Gasteiger partial charge in [-0.25, -0.2) is 4.79 Å². The molecule has 0 bridgehead atoms. The molecule has 2 rings (SSSR count). The predicted molar refractivity (Wildman–Crippen MR) is 174 cm³/mol. The van der Waals surface area contributed by atoms with Gasteiger partial charge in [0.05, 0.1) is 26.4 Å². The van der Waals surface area contributed by atoms with E-state index in [4.69, 9.17) is 23.7 Å². The Bertz CT molecular complexity index is 1240. The summed E-state index contributed by atoms with van der Waals surface area (Å²) in [5.74, 6) is -0.0853. The van der Waals surface area contributed by atoms with Gasteiger partial charge >= 0.3 is 11.9 Å². The number of carbonyl (C=O) groups is 2. The predicted octanol–water partition coefficient (Wildman–Crippen LogP) is 6.01. The van der Waals surface area contributed by atoms with Crippen LogP contribution in [0.4, 0.5) is 0 Å². The lowest BCUT2D eigenvalue weighted by molar-refractivity contribution is -0.151. The third-order valence-electron chi connectivity index (χ3n) is 7.28. The normalized spacial score (nSPS) is 11.9. The van der Waals surface area contributed by atoms with E-state index in [0.717, 1.165) is 46.2 Å². The molecule has 0 unspecified atom stereocenters. The van der Waals surface area contributed by atoms with Gasteiger partial charge in [-0.05, 0) is 77.3 Å². The summed E-state index contributed by atoms with van der Waals surface area (Å²) in [4.78, 5) is 24.0. The van der Waals surface area contributed by atoms with Crippen LogP contribution in [0.3, 0.4) is 0 Å². The number of esters is 2. The van der Waals surface area contributed by atoms with Gasteiger partial charge in [-0.15, -0.1) is 0 Å². The number of phenols is 2. The van der Waals surface area contributed by atoms with Crippen molar-refractivity contribution in [3.63, 3.8) is 0 Å². The number of ether oxygens (including phenoxy) is 5. The maximum absolute atomic E-state index is 12.1. The molecule has 0 fully saturated rings. The third-order valence-corrected chi connectivity index (χ3v) is 7.28. The Morgan fingerprint density at radius 3 is 1.53 bits per heavy atom. The fraction of sp³-hybridized carbons (Fsp3) is 0.611. The summed E-state index contributed by atoms with van der Waals surface area (Å²) in [6, 6.07) is 7.89. The summed E-state index contributed by atoms with van der Waals surface area (Å²) in [6.07, 6.45) is 2.32. The number of aromatic hydroxyl groups is 2. The first-order valence-electron chi connectivity index (χ1n) is 15.8. The molecule has 252 valence electrons. The highest BCUT2D eigenvalue weighted by Gasteiger charge is 2.21. The number of hydrogen-bond donors (Lipinski definition) is 2. The molecule has 2 aromatic rings. The number of phenolic OH excluding ortho intramolecular Hbond substituents is 2. The van der Waals surface area contributed by atoms with Crippen molar-refractivity contribution >= 4 is 11.9 Å². The molecule has 2 aromatic carbocycles. The molecule has 45 heavy (non-hydrogen) atoms. The van der Waals surface area contributed by atoms with E-state index in [1.807, 2.05) is 58.9 Å². The van der Waals surface area contributed by atoms with Crippen LogP contribution in [-0.2, 0) is 56.9 Å². The SMILES string of the molecule is Cc1cc(CCCOCC(=O)OCCOCCOCCOC(=O)CCc2cc(C)c(O)c(C(C)(C)C)c2)cc(C(C)(C)C)c1O. The lowest BCUT2D eigenvalue weighted by atomic mass is 9.83. The van der Waals surface area contributed by atoms with E-state index in [-0.39, 0.29) is 56.3 Å². The van der Waals surface area contributed by atoms with Gasteiger partial charge in [0.25, 0.3) is 0 Å². The van der Waals surface area contributed by atoms with Crippen molar-refractivity contribution in [2.75, 3.05) is 52.9 Å². The zero-order valence-corrected chi connectivity index (χ0v) is 28.5. The van der Waals surface area contributed by atoms with Gasteiger partial charge in [0.15, 0.2) is 0 Å². The number of hydrogen-bond acceptors (Lipinski definition) is 9. The lowest BCUT2D eigenvalue weighted by Gasteiger charge is -2.22. The zero-order chi connectivity index (χ0) is 33.6. The summed E-state index contributed by atoms with van der Waals surface area (Å²) in [5.41, 5.74) is 5.24. The molecule has 0 aliphatic rings. The van der Waals surface area contributed by atoms with Gasteiger partial charge in [-0.1, -0.05) is 65.8 Å². The van der Waals surface area contributed by atoms with E-state index >= 15 is 0 Å². The second-order valence-corrected chi connectivity index (χ2v) is 13.4. The maximum atomic E-state index is 12.1. The molecule has 9 nitrogen and oxygen atoms in total.